The summed E-state index contributed by atoms with van der Waals surface area (Å²) in [5, 5.41) is 20.2. The first-order valence-electron chi connectivity index (χ1n) is 14.0. The Morgan fingerprint density at radius 3 is 2.41 bits per heavy atom. The van der Waals surface area contributed by atoms with Crippen LogP contribution in [0, 0.1) is 20.8 Å². The van der Waals surface area contributed by atoms with Crippen molar-refractivity contribution in [2.45, 2.75) is 43.5 Å². The van der Waals surface area contributed by atoms with Gasteiger partial charge >= 0.3 is 5.91 Å². The van der Waals surface area contributed by atoms with Gasteiger partial charge in [-0.3, -0.25) is 14.5 Å². The Labute approximate surface area is 263 Å². The van der Waals surface area contributed by atoms with Crippen LogP contribution in [-0.4, -0.2) is 27.0 Å². The minimum absolute atomic E-state index is 0.0815. The van der Waals surface area contributed by atoms with Crippen LogP contribution in [0.3, 0.4) is 0 Å². The van der Waals surface area contributed by atoms with Crippen molar-refractivity contribution in [3.63, 3.8) is 0 Å². The smallest absolute Gasteiger partial charge is 0.302 e. The fourth-order valence-electron chi connectivity index (χ4n) is 4.88. The number of amides is 1. The number of aryl methyl sites for hydroxylation is 3. The Kier molecular flexibility index (Phi) is 8.36. The number of aliphatic hydroxyl groups excluding tert-OH is 1. The van der Waals surface area contributed by atoms with Gasteiger partial charge in [0.1, 0.15) is 35.7 Å². The van der Waals surface area contributed by atoms with Crippen LogP contribution in [0.4, 0.5) is 5.13 Å². The average Bonchev–Trinajstić information content (AvgIpc) is 3.74. The molecule has 5 aromatic rings. The number of aromatic nitrogens is 2. The van der Waals surface area contributed by atoms with Crippen LogP contribution in [0.25, 0.3) is 5.76 Å². The third kappa shape index (κ3) is 6.04. The van der Waals surface area contributed by atoms with E-state index in [1.807, 2.05) is 38.1 Å². The van der Waals surface area contributed by atoms with Gasteiger partial charge in [0.15, 0.2) is 4.34 Å². The van der Waals surface area contributed by atoms with Gasteiger partial charge < -0.3 is 14.3 Å². The van der Waals surface area contributed by atoms with E-state index in [-0.39, 0.29) is 16.5 Å². The molecule has 0 bridgehead atoms. The second kappa shape index (κ2) is 12.5. The molecule has 0 radical (unpaired) electrons. The summed E-state index contributed by atoms with van der Waals surface area (Å²) < 4.78 is 12.5. The van der Waals surface area contributed by atoms with Crippen LogP contribution >= 0.6 is 23.1 Å². The number of hydrogen-bond acceptors (Lipinski definition) is 9. The molecule has 1 amide bonds. The summed E-state index contributed by atoms with van der Waals surface area (Å²) in [6.45, 7) is 6.24. The third-order valence-corrected chi connectivity index (χ3v) is 9.47. The fourth-order valence-corrected chi connectivity index (χ4v) is 6.71. The van der Waals surface area contributed by atoms with Gasteiger partial charge in [-0.15, -0.1) is 10.2 Å². The van der Waals surface area contributed by atoms with E-state index in [2.05, 4.69) is 34.5 Å². The SMILES string of the molecule is Cc1ccc(CSc2nnc(N3C(=O)C(=O)/C(=C(/O)c4ccc(OCc5ccccc5C)cc4)C3c3ccc(C)o3)s2)cc1. The van der Waals surface area contributed by atoms with Crippen LogP contribution in [0.5, 0.6) is 5.75 Å². The van der Waals surface area contributed by atoms with Crippen molar-refractivity contribution in [3.05, 3.63) is 130 Å². The van der Waals surface area contributed by atoms with Crippen LogP contribution in [0.15, 0.2) is 99.3 Å². The van der Waals surface area contributed by atoms with Crippen molar-refractivity contribution in [1.29, 1.82) is 0 Å². The third-order valence-electron chi connectivity index (χ3n) is 7.34. The summed E-state index contributed by atoms with van der Waals surface area (Å²) in [5.41, 5.74) is 4.81. The molecule has 3 aromatic carbocycles. The highest BCUT2D eigenvalue weighted by Crippen LogP contribution is 2.44. The van der Waals surface area contributed by atoms with Crippen LogP contribution in [-0.2, 0) is 21.9 Å². The van der Waals surface area contributed by atoms with Gasteiger partial charge in [-0.2, -0.15) is 0 Å². The molecular formula is C34H29N3O5S2. The van der Waals surface area contributed by atoms with Gasteiger partial charge in [-0.05, 0) is 73.9 Å². The van der Waals surface area contributed by atoms with E-state index >= 15 is 0 Å². The maximum atomic E-state index is 13.5. The Balaban J connectivity index is 1.28. The van der Waals surface area contributed by atoms with Crippen LogP contribution < -0.4 is 9.64 Å². The van der Waals surface area contributed by atoms with Crippen molar-refractivity contribution in [1.82, 2.24) is 10.2 Å². The molecule has 6 rings (SSSR count). The molecule has 0 aliphatic carbocycles. The standard InChI is InChI=1S/C34H29N3O5S2/c1-20-8-11-23(12-9-20)19-43-34-36-35-33(44-34)37-29(27-17-10-22(3)42-27)28(31(39)32(37)40)30(38)24-13-15-26(16-14-24)41-18-25-7-5-4-6-21(25)2/h4-17,29,38H,18-19H2,1-3H3/b30-28+. The lowest BCUT2D eigenvalue weighted by Gasteiger charge is -2.20. The van der Waals surface area contributed by atoms with Gasteiger partial charge in [0.25, 0.3) is 5.78 Å². The molecule has 10 heteroatoms. The molecule has 8 nitrogen and oxygen atoms in total. The molecule has 1 N–H and O–H groups in total. The van der Waals surface area contributed by atoms with Gasteiger partial charge in [-0.1, -0.05) is 77.2 Å². The zero-order chi connectivity index (χ0) is 30.8. The number of thioether (sulfide) groups is 1. The fraction of sp³-hybridized carbons (Fsp3) is 0.176. The second-order valence-electron chi connectivity index (χ2n) is 10.5. The lowest BCUT2D eigenvalue weighted by atomic mass is 9.99. The van der Waals surface area contributed by atoms with E-state index in [1.54, 1.807) is 43.3 Å². The average molecular weight is 624 g/mol. The molecule has 1 unspecified atom stereocenters. The van der Waals surface area contributed by atoms with Crippen molar-refractivity contribution in [2.24, 2.45) is 0 Å². The monoisotopic (exact) mass is 623 g/mol. The number of ketones is 1. The topological polar surface area (TPSA) is 106 Å². The predicted molar refractivity (Wildman–Crippen MR) is 171 cm³/mol. The first kappa shape index (κ1) is 29.4. The first-order chi connectivity index (χ1) is 21.3. The van der Waals surface area contributed by atoms with E-state index in [0.717, 1.165) is 16.7 Å². The highest BCUT2D eigenvalue weighted by Gasteiger charge is 2.49. The van der Waals surface area contributed by atoms with Crippen LogP contribution in [0.1, 0.15) is 45.4 Å². The summed E-state index contributed by atoms with van der Waals surface area (Å²) >= 11 is 2.71. The zero-order valence-electron chi connectivity index (χ0n) is 24.3. The van der Waals surface area contributed by atoms with Gasteiger partial charge in [0.2, 0.25) is 5.13 Å². The van der Waals surface area contributed by atoms with E-state index < -0.39 is 17.7 Å². The number of anilines is 1. The molecule has 1 atom stereocenters. The highest BCUT2D eigenvalue weighted by atomic mass is 32.2. The Morgan fingerprint density at radius 2 is 1.70 bits per heavy atom. The number of hydrogen-bond donors (Lipinski definition) is 1. The van der Waals surface area contributed by atoms with Gasteiger partial charge in [0.05, 0.1) is 5.57 Å². The molecule has 2 aromatic heterocycles. The summed E-state index contributed by atoms with van der Waals surface area (Å²) in [5.74, 6) is 0.277. The molecule has 0 saturated carbocycles. The molecular weight excluding hydrogens is 595 g/mol. The predicted octanol–water partition coefficient (Wildman–Crippen LogP) is 7.55. The lowest BCUT2D eigenvalue weighted by Crippen LogP contribution is -2.29. The first-order valence-corrected chi connectivity index (χ1v) is 15.8. The molecule has 0 spiro atoms. The van der Waals surface area contributed by atoms with Crippen molar-refractivity contribution in [3.8, 4) is 5.75 Å². The second-order valence-corrected chi connectivity index (χ2v) is 12.7. The van der Waals surface area contributed by atoms with E-state index in [1.165, 1.54) is 33.6 Å². The number of carbonyl (C=O) groups excluding carboxylic acids is 2. The number of aliphatic hydroxyl groups is 1. The number of nitrogens with zero attached hydrogens (tertiary/aromatic N) is 3. The Hall–Kier alpha value is -4.67. The maximum absolute atomic E-state index is 13.5. The lowest BCUT2D eigenvalue weighted by molar-refractivity contribution is -0.132. The van der Waals surface area contributed by atoms with Gasteiger partial charge in [0, 0.05) is 11.3 Å². The van der Waals surface area contributed by atoms with E-state index in [9.17, 15) is 14.7 Å². The van der Waals surface area contributed by atoms with E-state index in [4.69, 9.17) is 9.15 Å². The number of ether oxygens (including phenoxy) is 1. The summed E-state index contributed by atoms with van der Waals surface area (Å²) in [6.07, 6.45) is 0. The number of rotatable bonds is 9. The summed E-state index contributed by atoms with van der Waals surface area (Å²) in [4.78, 5) is 28.2. The normalized spacial score (nSPS) is 16.1. The summed E-state index contributed by atoms with van der Waals surface area (Å²) in [7, 11) is 0. The molecule has 1 aliphatic heterocycles. The molecule has 44 heavy (non-hydrogen) atoms. The minimum Gasteiger partial charge on any atom is -0.507 e. The van der Waals surface area contributed by atoms with Gasteiger partial charge in [-0.25, -0.2) is 0 Å². The minimum atomic E-state index is -1.01. The zero-order valence-corrected chi connectivity index (χ0v) is 25.9. The number of furan rings is 1. The number of benzene rings is 3. The molecule has 1 fully saturated rings. The molecule has 1 saturated heterocycles. The highest BCUT2D eigenvalue weighted by molar-refractivity contribution is 8.00. The number of carbonyl (C=O) groups is 2. The van der Waals surface area contributed by atoms with Crippen LogP contribution in [0.2, 0.25) is 0 Å². The Morgan fingerprint density at radius 1 is 0.955 bits per heavy atom. The van der Waals surface area contributed by atoms with E-state index in [0.29, 0.717) is 39.5 Å². The Bertz CT molecular complexity index is 1860. The summed E-state index contributed by atoms with van der Waals surface area (Å²) in [6, 6.07) is 25.4. The maximum Gasteiger partial charge on any atom is 0.302 e. The van der Waals surface area contributed by atoms with Crippen molar-refractivity contribution < 1.29 is 23.8 Å². The molecule has 1 aliphatic rings. The quantitative estimate of drug-likeness (QED) is 0.0590. The molecule has 3 heterocycles. The molecule has 222 valence electrons. The number of Topliss-reactive ketones (excluding diaryl/α,β-unsaturated/α-hetero) is 1. The van der Waals surface area contributed by atoms with Crippen molar-refractivity contribution >= 4 is 45.7 Å². The largest absolute Gasteiger partial charge is 0.507 e. The van der Waals surface area contributed by atoms with Crippen molar-refractivity contribution in [2.75, 3.05) is 4.90 Å².